The molecular formula is C20H19FN2O. The van der Waals surface area contributed by atoms with Gasteiger partial charge in [-0.2, -0.15) is 0 Å². The van der Waals surface area contributed by atoms with Crippen molar-refractivity contribution in [3.63, 3.8) is 0 Å². The summed E-state index contributed by atoms with van der Waals surface area (Å²) in [6.45, 7) is 0. The minimum Gasteiger partial charge on any atom is -0.269 e. The molecular weight excluding hydrogens is 303 g/mol. The van der Waals surface area contributed by atoms with Crippen LogP contribution in [0.2, 0.25) is 0 Å². The zero-order valence-corrected chi connectivity index (χ0v) is 13.5. The summed E-state index contributed by atoms with van der Waals surface area (Å²) in [6.07, 6.45) is 8.02. The summed E-state index contributed by atoms with van der Waals surface area (Å²) in [6, 6.07) is 10.2. The molecule has 0 amide bonds. The molecule has 3 aromatic rings. The Morgan fingerprint density at radius 3 is 2.46 bits per heavy atom. The van der Waals surface area contributed by atoms with E-state index in [2.05, 4.69) is 0 Å². The second kappa shape index (κ2) is 6.19. The number of fused-ring (bicyclic) bond motifs is 2. The average molecular weight is 322 g/mol. The Labute approximate surface area is 139 Å². The second-order valence-corrected chi connectivity index (χ2v) is 6.41. The molecule has 0 radical (unpaired) electrons. The number of nitrogens with zero attached hydrogens (tertiary/aromatic N) is 2. The Balaban J connectivity index is 1.86. The maximum atomic E-state index is 13.1. The SMILES string of the molecule is O=c1c2c(nc3cc(-c4ccc(F)cc4)ccn13)CCCCCC2. The lowest BCUT2D eigenvalue weighted by molar-refractivity contribution is 0.603. The monoisotopic (exact) mass is 322 g/mol. The standard InChI is InChI=1S/C20H19FN2O/c21-16-9-7-14(8-10-16)15-11-12-23-19(13-15)22-18-6-4-2-1-3-5-17(18)20(23)24/h7-13H,1-6H2. The van der Waals surface area contributed by atoms with Crippen LogP contribution in [0.1, 0.15) is 36.9 Å². The molecule has 4 rings (SSSR count). The Bertz CT molecular complexity index is 944. The topological polar surface area (TPSA) is 34.4 Å². The number of halogens is 1. The molecule has 0 bridgehead atoms. The molecule has 1 aliphatic carbocycles. The fraction of sp³-hybridized carbons (Fsp3) is 0.300. The summed E-state index contributed by atoms with van der Waals surface area (Å²) in [4.78, 5) is 17.6. The van der Waals surface area contributed by atoms with Crippen molar-refractivity contribution >= 4 is 5.65 Å². The first kappa shape index (κ1) is 15.1. The third-order valence-electron chi connectivity index (χ3n) is 4.78. The van der Waals surface area contributed by atoms with Gasteiger partial charge in [0, 0.05) is 11.8 Å². The first-order valence-electron chi connectivity index (χ1n) is 8.52. The lowest BCUT2D eigenvalue weighted by Gasteiger charge is -2.14. The number of hydrogen-bond acceptors (Lipinski definition) is 2. The van der Waals surface area contributed by atoms with Gasteiger partial charge in [0.25, 0.3) is 5.56 Å². The highest BCUT2D eigenvalue weighted by Gasteiger charge is 2.15. The van der Waals surface area contributed by atoms with Gasteiger partial charge in [0.2, 0.25) is 0 Å². The highest BCUT2D eigenvalue weighted by molar-refractivity contribution is 5.67. The number of aromatic nitrogens is 2. The molecule has 0 N–H and O–H groups in total. The molecule has 2 heterocycles. The molecule has 122 valence electrons. The fourth-order valence-electron chi connectivity index (χ4n) is 3.45. The minimum absolute atomic E-state index is 0.0579. The van der Waals surface area contributed by atoms with Gasteiger partial charge in [-0.15, -0.1) is 0 Å². The minimum atomic E-state index is -0.254. The van der Waals surface area contributed by atoms with E-state index in [0.717, 1.165) is 48.1 Å². The van der Waals surface area contributed by atoms with Gasteiger partial charge >= 0.3 is 0 Å². The smallest absolute Gasteiger partial charge is 0.261 e. The summed E-state index contributed by atoms with van der Waals surface area (Å²) < 4.78 is 14.7. The summed E-state index contributed by atoms with van der Waals surface area (Å²) in [5.74, 6) is -0.254. The second-order valence-electron chi connectivity index (χ2n) is 6.41. The van der Waals surface area contributed by atoms with Crippen LogP contribution < -0.4 is 5.56 Å². The van der Waals surface area contributed by atoms with E-state index < -0.39 is 0 Å². The Morgan fingerprint density at radius 1 is 0.917 bits per heavy atom. The largest absolute Gasteiger partial charge is 0.269 e. The highest BCUT2D eigenvalue weighted by Crippen LogP contribution is 2.22. The third kappa shape index (κ3) is 2.73. The van der Waals surface area contributed by atoms with Gasteiger partial charge < -0.3 is 0 Å². The van der Waals surface area contributed by atoms with E-state index in [1.54, 1.807) is 22.7 Å². The molecule has 0 fully saturated rings. The van der Waals surface area contributed by atoms with Crippen LogP contribution in [0.3, 0.4) is 0 Å². The average Bonchev–Trinajstić information content (AvgIpc) is 2.57. The lowest BCUT2D eigenvalue weighted by atomic mass is 9.98. The quantitative estimate of drug-likeness (QED) is 0.674. The number of hydrogen-bond donors (Lipinski definition) is 0. The van der Waals surface area contributed by atoms with Crippen LogP contribution in [-0.2, 0) is 12.8 Å². The maximum Gasteiger partial charge on any atom is 0.261 e. The van der Waals surface area contributed by atoms with E-state index in [1.807, 2.05) is 12.1 Å². The number of rotatable bonds is 1. The molecule has 0 unspecified atom stereocenters. The van der Waals surface area contributed by atoms with Gasteiger partial charge in [-0.3, -0.25) is 9.20 Å². The molecule has 0 saturated heterocycles. The van der Waals surface area contributed by atoms with Gasteiger partial charge in [-0.05, 0) is 61.1 Å². The molecule has 0 aliphatic heterocycles. The van der Waals surface area contributed by atoms with Gasteiger partial charge in [0.05, 0.1) is 5.69 Å². The normalized spacial score (nSPS) is 14.9. The Kier molecular flexibility index (Phi) is 3.89. The van der Waals surface area contributed by atoms with Crippen LogP contribution >= 0.6 is 0 Å². The van der Waals surface area contributed by atoms with Crippen molar-refractivity contribution in [1.82, 2.24) is 9.38 Å². The molecule has 4 heteroatoms. The van der Waals surface area contributed by atoms with Crippen molar-refractivity contribution < 1.29 is 4.39 Å². The van der Waals surface area contributed by atoms with Gasteiger partial charge in [-0.1, -0.05) is 25.0 Å². The van der Waals surface area contributed by atoms with E-state index >= 15 is 0 Å². The number of pyridine rings is 1. The first-order chi connectivity index (χ1) is 11.7. The van der Waals surface area contributed by atoms with Crippen LogP contribution in [-0.4, -0.2) is 9.38 Å². The van der Waals surface area contributed by atoms with E-state index in [-0.39, 0.29) is 11.4 Å². The van der Waals surface area contributed by atoms with Crippen molar-refractivity contribution in [3.8, 4) is 11.1 Å². The predicted octanol–water partition coefficient (Wildman–Crippen LogP) is 4.16. The molecule has 24 heavy (non-hydrogen) atoms. The maximum absolute atomic E-state index is 13.1. The summed E-state index contributed by atoms with van der Waals surface area (Å²) >= 11 is 0. The van der Waals surface area contributed by atoms with Crippen molar-refractivity contribution in [2.75, 3.05) is 0 Å². The summed E-state index contributed by atoms with van der Waals surface area (Å²) in [5.41, 5.74) is 4.41. The van der Waals surface area contributed by atoms with Crippen LogP contribution in [0.5, 0.6) is 0 Å². The van der Waals surface area contributed by atoms with E-state index in [1.165, 1.54) is 25.0 Å². The molecule has 2 aromatic heterocycles. The molecule has 0 spiro atoms. The zero-order valence-electron chi connectivity index (χ0n) is 13.5. The van der Waals surface area contributed by atoms with E-state index in [4.69, 9.17) is 4.98 Å². The Morgan fingerprint density at radius 2 is 1.67 bits per heavy atom. The predicted molar refractivity (Wildman–Crippen MR) is 92.7 cm³/mol. The summed E-state index contributed by atoms with van der Waals surface area (Å²) in [5, 5.41) is 0. The third-order valence-corrected chi connectivity index (χ3v) is 4.78. The molecule has 0 saturated carbocycles. The van der Waals surface area contributed by atoms with E-state index in [0.29, 0.717) is 5.65 Å². The van der Waals surface area contributed by atoms with Crippen molar-refractivity contribution in [1.29, 1.82) is 0 Å². The highest BCUT2D eigenvalue weighted by atomic mass is 19.1. The van der Waals surface area contributed by atoms with Crippen LogP contribution in [0.25, 0.3) is 16.8 Å². The zero-order chi connectivity index (χ0) is 16.5. The molecule has 3 nitrogen and oxygen atoms in total. The lowest BCUT2D eigenvalue weighted by Crippen LogP contribution is -2.23. The summed E-state index contributed by atoms with van der Waals surface area (Å²) in [7, 11) is 0. The Hall–Kier alpha value is -2.49. The van der Waals surface area contributed by atoms with Gasteiger partial charge in [0.15, 0.2) is 0 Å². The van der Waals surface area contributed by atoms with Crippen molar-refractivity contribution in [2.45, 2.75) is 38.5 Å². The van der Waals surface area contributed by atoms with Crippen LogP contribution in [0.15, 0.2) is 47.4 Å². The van der Waals surface area contributed by atoms with Crippen molar-refractivity contribution in [3.05, 3.63) is 70.0 Å². The fourth-order valence-corrected chi connectivity index (χ4v) is 3.45. The number of benzene rings is 1. The van der Waals surface area contributed by atoms with E-state index in [9.17, 15) is 9.18 Å². The molecule has 0 atom stereocenters. The first-order valence-corrected chi connectivity index (χ1v) is 8.52. The van der Waals surface area contributed by atoms with Crippen molar-refractivity contribution in [2.24, 2.45) is 0 Å². The van der Waals surface area contributed by atoms with Gasteiger partial charge in [-0.25, -0.2) is 9.37 Å². The van der Waals surface area contributed by atoms with Crippen LogP contribution in [0.4, 0.5) is 4.39 Å². The molecule has 1 aromatic carbocycles. The number of aryl methyl sites for hydroxylation is 1. The van der Waals surface area contributed by atoms with Crippen LogP contribution in [0, 0.1) is 5.82 Å². The molecule has 1 aliphatic rings. The van der Waals surface area contributed by atoms with Gasteiger partial charge in [0.1, 0.15) is 11.5 Å².